The molecule has 2 rings (SSSR count). The fourth-order valence-electron chi connectivity index (χ4n) is 2.63. The van der Waals surface area contributed by atoms with Gasteiger partial charge in [-0.1, -0.05) is 26.0 Å². The molecule has 4 heteroatoms. The van der Waals surface area contributed by atoms with Crippen LogP contribution in [0.1, 0.15) is 39.5 Å². The standard InChI is InChI=1S/C15H21NO2S/c1-15(2)8-11(17)13(12(18)9-15)14(19)16-10-6-4-3-5-7-10/h3-4,6,11,16-17,19H,5,7-9H2,1-2H3/b14-13+. The Bertz CT molecular complexity index is 475. The van der Waals surface area contributed by atoms with Gasteiger partial charge < -0.3 is 10.4 Å². The van der Waals surface area contributed by atoms with Crippen molar-refractivity contribution < 1.29 is 9.90 Å². The van der Waals surface area contributed by atoms with E-state index in [2.05, 4.69) is 24.0 Å². The lowest BCUT2D eigenvalue weighted by molar-refractivity contribution is -0.121. The van der Waals surface area contributed by atoms with Gasteiger partial charge in [-0.05, 0) is 30.8 Å². The molecule has 0 amide bonds. The summed E-state index contributed by atoms with van der Waals surface area (Å²) in [5.41, 5.74) is 1.32. The maximum absolute atomic E-state index is 12.2. The molecule has 0 saturated heterocycles. The van der Waals surface area contributed by atoms with Crippen molar-refractivity contribution in [2.75, 3.05) is 0 Å². The Morgan fingerprint density at radius 3 is 2.84 bits per heavy atom. The molecule has 0 aliphatic heterocycles. The van der Waals surface area contributed by atoms with Gasteiger partial charge in [0.2, 0.25) is 0 Å². The molecule has 104 valence electrons. The Morgan fingerprint density at radius 2 is 2.26 bits per heavy atom. The van der Waals surface area contributed by atoms with Crippen LogP contribution in [0.4, 0.5) is 0 Å². The number of hydrogen-bond acceptors (Lipinski definition) is 4. The first-order chi connectivity index (χ1) is 8.89. The molecule has 2 N–H and O–H groups in total. The maximum atomic E-state index is 12.2. The van der Waals surface area contributed by atoms with E-state index in [0.717, 1.165) is 18.5 Å². The maximum Gasteiger partial charge on any atom is 0.164 e. The third-order valence-electron chi connectivity index (χ3n) is 3.57. The Balaban J connectivity index is 2.18. The van der Waals surface area contributed by atoms with Crippen LogP contribution in [0.3, 0.4) is 0 Å². The first-order valence-corrected chi connectivity index (χ1v) is 7.11. The number of carbonyl (C=O) groups is 1. The largest absolute Gasteiger partial charge is 0.388 e. The van der Waals surface area contributed by atoms with Gasteiger partial charge in [0.15, 0.2) is 5.78 Å². The van der Waals surface area contributed by atoms with Crippen molar-refractivity contribution in [3.63, 3.8) is 0 Å². The molecular formula is C15H21NO2S. The summed E-state index contributed by atoms with van der Waals surface area (Å²) in [4.78, 5) is 12.2. The average molecular weight is 279 g/mol. The normalized spacial score (nSPS) is 28.9. The zero-order valence-corrected chi connectivity index (χ0v) is 12.3. The highest BCUT2D eigenvalue weighted by molar-refractivity contribution is 7.84. The second kappa shape index (κ2) is 5.55. The zero-order valence-electron chi connectivity index (χ0n) is 11.4. The van der Waals surface area contributed by atoms with E-state index in [1.165, 1.54) is 0 Å². The van der Waals surface area contributed by atoms with Gasteiger partial charge in [0, 0.05) is 12.1 Å². The monoisotopic (exact) mass is 279 g/mol. The minimum Gasteiger partial charge on any atom is -0.388 e. The van der Waals surface area contributed by atoms with Crippen LogP contribution >= 0.6 is 12.6 Å². The van der Waals surface area contributed by atoms with Gasteiger partial charge in [-0.2, -0.15) is 0 Å². The van der Waals surface area contributed by atoms with E-state index in [-0.39, 0.29) is 11.2 Å². The number of thiol groups is 1. The van der Waals surface area contributed by atoms with Gasteiger partial charge in [0.05, 0.1) is 16.7 Å². The predicted octanol–water partition coefficient (Wildman–Crippen LogP) is 2.70. The molecule has 0 aromatic heterocycles. The summed E-state index contributed by atoms with van der Waals surface area (Å²) < 4.78 is 0. The number of Topliss-reactive ketones (excluding diaryl/α,β-unsaturated/α-hetero) is 1. The van der Waals surface area contributed by atoms with Crippen LogP contribution in [0.5, 0.6) is 0 Å². The zero-order chi connectivity index (χ0) is 14.0. The molecule has 0 aromatic rings. The predicted molar refractivity (Wildman–Crippen MR) is 79.6 cm³/mol. The molecule has 2 aliphatic rings. The fraction of sp³-hybridized carbons (Fsp3) is 0.533. The summed E-state index contributed by atoms with van der Waals surface area (Å²) in [6.07, 6.45) is 8.28. The second-order valence-electron chi connectivity index (χ2n) is 6.03. The van der Waals surface area contributed by atoms with Gasteiger partial charge in [-0.15, -0.1) is 12.6 Å². The van der Waals surface area contributed by atoms with Crippen molar-refractivity contribution in [1.82, 2.24) is 5.32 Å². The van der Waals surface area contributed by atoms with Crippen molar-refractivity contribution in [3.8, 4) is 0 Å². The summed E-state index contributed by atoms with van der Waals surface area (Å²) in [5, 5.41) is 13.8. The molecule has 2 aliphatic carbocycles. The molecule has 19 heavy (non-hydrogen) atoms. The van der Waals surface area contributed by atoms with Crippen LogP contribution in [-0.2, 0) is 4.79 Å². The SMILES string of the molecule is CC1(C)CC(=O)/C(=C(/S)NC2=CC=CCC2)C(O)C1. The highest BCUT2D eigenvalue weighted by Crippen LogP contribution is 2.37. The van der Waals surface area contributed by atoms with E-state index in [9.17, 15) is 9.90 Å². The van der Waals surface area contributed by atoms with Gasteiger partial charge in [0.25, 0.3) is 0 Å². The summed E-state index contributed by atoms with van der Waals surface area (Å²) in [7, 11) is 0. The number of rotatable bonds is 2. The molecule has 3 nitrogen and oxygen atoms in total. The van der Waals surface area contributed by atoms with E-state index in [0.29, 0.717) is 23.4 Å². The van der Waals surface area contributed by atoms with Crippen molar-refractivity contribution in [3.05, 3.63) is 34.5 Å². The van der Waals surface area contributed by atoms with Gasteiger partial charge in [0.1, 0.15) is 0 Å². The number of nitrogens with one attached hydrogen (secondary N) is 1. The molecule has 1 fully saturated rings. The fourth-order valence-corrected chi connectivity index (χ4v) is 3.05. The number of aliphatic hydroxyl groups is 1. The number of ketones is 1. The van der Waals surface area contributed by atoms with Crippen molar-refractivity contribution in [2.45, 2.75) is 45.6 Å². The number of hydrogen-bond donors (Lipinski definition) is 3. The smallest absolute Gasteiger partial charge is 0.164 e. The van der Waals surface area contributed by atoms with Crippen LogP contribution < -0.4 is 5.32 Å². The van der Waals surface area contributed by atoms with Crippen molar-refractivity contribution in [1.29, 1.82) is 0 Å². The molecule has 0 radical (unpaired) electrons. The van der Waals surface area contributed by atoms with Crippen LogP contribution in [0.25, 0.3) is 0 Å². The summed E-state index contributed by atoms with van der Waals surface area (Å²) >= 11 is 4.38. The van der Waals surface area contributed by atoms with E-state index in [4.69, 9.17) is 0 Å². The Hall–Kier alpha value is -1.00. The van der Waals surface area contributed by atoms with E-state index >= 15 is 0 Å². The molecular weight excluding hydrogens is 258 g/mol. The Morgan fingerprint density at radius 1 is 1.53 bits per heavy atom. The van der Waals surface area contributed by atoms with E-state index < -0.39 is 6.10 Å². The highest BCUT2D eigenvalue weighted by Gasteiger charge is 2.37. The number of aliphatic hydroxyl groups excluding tert-OH is 1. The third-order valence-corrected chi connectivity index (χ3v) is 3.92. The topological polar surface area (TPSA) is 49.3 Å². The Labute approximate surface area is 119 Å². The van der Waals surface area contributed by atoms with Gasteiger partial charge in [-0.25, -0.2) is 0 Å². The van der Waals surface area contributed by atoms with Crippen LogP contribution in [0, 0.1) is 5.41 Å². The van der Waals surface area contributed by atoms with Gasteiger partial charge in [-0.3, -0.25) is 4.79 Å². The summed E-state index contributed by atoms with van der Waals surface area (Å²) in [5.74, 6) is -0.00629. The van der Waals surface area contributed by atoms with Crippen molar-refractivity contribution in [2.24, 2.45) is 5.41 Å². The van der Waals surface area contributed by atoms with Gasteiger partial charge >= 0.3 is 0 Å². The Kier molecular flexibility index (Phi) is 4.21. The molecule has 0 aromatic carbocycles. The lowest BCUT2D eigenvalue weighted by atomic mass is 9.73. The first-order valence-electron chi connectivity index (χ1n) is 6.66. The van der Waals surface area contributed by atoms with E-state index in [1.807, 2.05) is 26.0 Å². The first kappa shape index (κ1) is 14.4. The lowest BCUT2D eigenvalue weighted by Crippen LogP contribution is -2.36. The molecule has 0 bridgehead atoms. The van der Waals surface area contributed by atoms with Crippen LogP contribution in [0.15, 0.2) is 34.5 Å². The molecule has 1 saturated carbocycles. The van der Waals surface area contributed by atoms with Crippen LogP contribution in [-0.4, -0.2) is 17.0 Å². The average Bonchev–Trinajstić information content (AvgIpc) is 2.27. The highest BCUT2D eigenvalue weighted by atomic mass is 32.1. The molecule has 1 atom stereocenters. The second-order valence-corrected chi connectivity index (χ2v) is 6.48. The molecule has 0 heterocycles. The molecule has 0 spiro atoms. The van der Waals surface area contributed by atoms with Crippen molar-refractivity contribution >= 4 is 18.4 Å². The lowest BCUT2D eigenvalue weighted by Gasteiger charge is -2.34. The number of allylic oxidation sites excluding steroid dienone is 4. The third kappa shape index (κ3) is 3.51. The number of carbonyl (C=O) groups excluding carboxylic acids is 1. The van der Waals surface area contributed by atoms with Crippen LogP contribution in [0.2, 0.25) is 0 Å². The summed E-state index contributed by atoms with van der Waals surface area (Å²) in [6.45, 7) is 4.01. The quantitative estimate of drug-likeness (QED) is 0.538. The minimum absolute atomic E-state index is 0.00629. The minimum atomic E-state index is -0.726. The summed E-state index contributed by atoms with van der Waals surface area (Å²) in [6, 6.07) is 0. The van der Waals surface area contributed by atoms with E-state index in [1.54, 1.807) is 0 Å². The molecule has 1 unspecified atom stereocenters.